The summed E-state index contributed by atoms with van der Waals surface area (Å²) in [5.41, 5.74) is 0.676. The van der Waals surface area contributed by atoms with E-state index < -0.39 is 0 Å². The lowest BCUT2D eigenvalue weighted by Crippen LogP contribution is -2.52. The number of carbonyl (C=O) groups is 1. The molecule has 1 atom stereocenters. The molecule has 5 nitrogen and oxygen atoms in total. The van der Waals surface area contributed by atoms with E-state index in [2.05, 4.69) is 17.1 Å². The monoisotopic (exact) mass is 354 g/mol. The van der Waals surface area contributed by atoms with Gasteiger partial charge in [-0.25, -0.2) is 4.79 Å². The van der Waals surface area contributed by atoms with Crippen LogP contribution in [0, 0.1) is 5.92 Å². The average Bonchev–Trinajstić information content (AvgIpc) is 2.57. The number of amides is 1. The largest absolute Gasteiger partial charge is 0.491 e. The Morgan fingerprint density at radius 2 is 2.04 bits per heavy atom. The predicted octanol–water partition coefficient (Wildman–Crippen LogP) is 3.93. The van der Waals surface area contributed by atoms with Gasteiger partial charge in [-0.15, -0.1) is 12.4 Å². The van der Waals surface area contributed by atoms with Crippen LogP contribution in [0.1, 0.15) is 32.6 Å². The summed E-state index contributed by atoms with van der Waals surface area (Å²) in [5.74, 6) is 1.22. The summed E-state index contributed by atoms with van der Waals surface area (Å²) in [5, 5.41) is 2.84. The van der Waals surface area contributed by atoms with E-state index in [1.807, 2.05) is 24.3 Å². The molecule has 3 saturated heterocycles. The third-order valence-electron chi connectivity index (χ3n) is 4.73. The second-order valence-electron chi connectivity index (χ2n) is 6.40. The van der Waals surface area contributed by atoms with Crippen molar-refractivity contribution >= 4 is 24.2 Å². The Morgan fingerprint density at radius 3 is 2.71 bits per heavy atom. The summed E-state index contributed by atoms with van der Waals surface area (Å²) < 4.78 is 11.4. The topological polar surface area (TPSA) is 50.8 Å². The Labute approximate surface area is 150 Å². The van der Waals surface area contributed by atoms with Crippen molar-refractivity contribution < 1.29 is 14.3 Å². The molecule has 1 unspecified atom stereocenters. The average molecular weight is 355 g/mol. The molecule has 3 aliphatic heterocycles. The molecular weight excluding hydrogens is 328 g/mol. The fourth-order valence-corrected chi connectivity index (χ4v) is 3.34. The third kappa shape index (κ3) is 4.77. The minimum atomic E-state index is -0.379. The van der Waals surface area contributed by atoms with E-state index in [9.17, 15) is 4.79 Å². The van der Waals surface area contributed by atoms with Gasteiger partial charge in [0, 0.05) is 6.54 Å². The lowest BCUT2D eigenvalue weighted by molar-refractivity contribution is -0.0290. The minimum Gasteiger partial charge on any atom is -0.491 e. The molecule has 4 rings (SSSR count). The van der Waals surface area contributed by atoms with Crippen molar-refractivity contribution in [1.82, 2.24) is 4.90 Å². The zero-order valence-corrected chi connectivity index (χ0v) is 15.0. The smallest absolute Gasteiger partial charge is 0.412 e. The van der Waals surface area contributed by atoms with Gasteiger partial charge in [-0.05, 0) is 50.4 Å². The molecule has 0 aromatic heterocycles. The molecule has 1 N–H and O–H groups in total. The lowest BCUT2D eigenvalue weighted by atomic mass is 9.86. The maximum Gasteiger partial charge on any atom is 0.412 e. The van der Waals surface area contributed by atoms with Crippen LogP contribution in [0.15, 0.2) is 24.3 Å². The SMILES string of the molecule is CCCCOc1ccccc1NC(=O)OC1CN2CCC1CC2.Cl. The zero-order chi connectivity index (χ0) is 16.1. The molecular formula is C18H27ClN2O3. The number of halogens is 1. The Balaban J connectivity index is 0.00000208. The van der Waals surface area contributed by atoms with Crippen LogP contribution in [0.4, 0.5) is 10.5 Å². The van der Waals surface area contributed by atoms with Crippen molar-refractivity contribution in [2.45, 2.75) is 38.7 Å². The molecule has 0 radical (unpaired) electrons. The van der Waals surface area contributed by atoms with Crippen LogP contribution >= 0.6 is 12.4 Å². The first-order valence-corrected chi connectivity index (χ1v) is 8.68. The number of unbranched alkanes of at least 4 members (excludes halogenated alkanes) is 1. The summed E-state index contributed by atoms with van der Waals surface area (Å²) in [4.78, 5) is 14.6. The maximum absolute atomic E-state index is 12.2. The highest BCUT2D eigenvalue weighted by molar-refractivity contribution is 5.86. The van der Waals surface area contributed by atoms with Crippen molar-refractivity contribution in [3.05, 3.63) is 24.3 Å². The van der Waals surface area contributed by atoms with Gasteiger partial charge in [0.15, 0.2) is 0 Å². The number of hydrogen-bond donors (Lipinski definition) is 1. The maximum atomic E-state index is 12.2. The van der Waals surface area contributed by atoms with Crippen LogP contribution < -0.4 is 10.1 Å². The van der Waals surface area contributed by atoms with Gasteiger partial charge in [-0.1, -0.05) is 25.5 Å². The highest BCUT2D eigenvalue weighted by atomic mass is 35.5. The molecule has 1 aromatic rings. The number of hydrogen-bond acceptors (Lipinski definition) is 4. The molecule has 1 aromatic carbocycles. The molecule has 3 fully saturated rings. The van der Waals surface area contributed by atoms with E-state index >= 15 is 0 Å². The van der Waals surface area contributed by atoms with Crippen molar-refractivity contribution in [2.75, 3.05) is 31.6 Å². The molecule has 134 valence electrons. The number of ether oxygens (including phenoxy) is 2. The summed E-state index contributed by atoms with van der Waals surface area (Å²) in [6.07, 6.45) is 3.99. The van der Waals surface area contributed by atoms with E-state index in [1.165, 1.54) is 0 Å². The van der Waals surface area contributed by atoms with Crippen LogP contribution in [0.25, 0.3) is 0 Å². The van der Waals surface area contributed by atoms with Gasteiger partial charge in [0.2, 0.25) is 0 Å². The van der Waals surface area contributed by atoms with Crippen LogP contribution in [0.5, 0.6) is 5.75 Å². The predicted molar refractivity (Wildman–Crippen MR) is 97.1 cm³/mol. The first kappa shape index (κ1) is 18.9. The number of rotatable bonds is 6. The van der Waals surface area contributed by atoms with Gasteiger partial charge in [0.1, 0.15) is 11.9 Å². The van der Waals surface area contributed by atoms with Gasteiger partial charge in [0.05, 0.1) is 12.3 Å². The highest BCUT2D eigenvalue weighted by Gasteiger charge is 2.36. The first-order valence-electron chi connectivity index (χ1n) is 8.68. The number of anilines is 1. The Bertz CT molecular complexity index is 533. The number of fused-ring (bicyclic) bond motifs is 3. The third-order valence-corrected chi connectivity index (χ3v) is 4.73. The summed E-state index contributed by atoms with van der Waals surface area (Å²) in [6, 6.07) is 7.51. The summed E-state index contributed by atoms with van der Waals surface area (Å²) in [6.45, 7) is 5.93. The fourth-order valence-electron chi connectivity index (χ4n) is 3.34. The van der Waals surface area contributed by atoms with E-state index in [-0.39, 0.29) is 24.6 Å². The number of carbonyl (C=O) groups excluding carboxylic acids is 1. The van der Waals surface area contributed by atoms with Gasteiger partial charge < -0.3 is 9.47 Å². The second-order valence-corrected chi connectivity index (χ2v) is 6.40. The Kier molecular flexibility index (Phi) is 7.18. The van der Waals surface area contributed by atoms with Crippen molar-refractivity contribution in [1.29, 1.82) is 0 Å². The molecule has 1 amide bonds. The van der Waals surface area contributed by atoms with Gasteiger partial charge in [0.25, 0.3) is 0 Å². The molecule has 0 spiro atoms. The van der Waals surface area contributed by atoms with Crippen LogP contribution in [-0.4, -0.2) is 43.3 Å². The van der Waals surface area contributed by atoms with E-state index in [0.29, 0.717) is 24.0 Å². The fraction of sp³-hybridized carbons (Fsp3) is 0.611. The highest BCUT2D eigenvalue weighted by Crippen LogP contribution is 2.30. The van der Waals surface area contributed by atoms with Gasteiger partial charge in [-0.3, -0.25) is 10.2 Å². The van der Waals surface area contributed by atoms with Gasteiger partial charge >= 0.3 is 6.09 Å². The first-order chi connectivity index (χ1) is 11.3. The lowest BCUT2D eigenvalue weighted by Gasteiger charge is -2.43. The normalized spacial score (nSPS) is 24.8. The van der Waals surface area contributed by atoms with Crippen LogP contribution in [0.2, 0.25) is 0 Å². The quantitative estimate of drug-likeness (QED) is 0.786. The number of piperidine rings is 3. The Morgan fingerprint density at radius 1 is 1.29 bits per heavy atom. The van der Waals surface area contributed by atoms with E-state index in [4.69, 9.17) is 9.47 Å². The Hall–Kier alpha value is -1.46. The number of nitrogens with one attached hydrogen (secondary N) is 1. The number of benzene rings is 1. The second kappa shape index (κ2) is 9.14. The van der Waals surface area contributed by atoms with Crippen molar-refractivity contribution in [2.24, 2.45) is 5.92 Å². The number of para-hydroxylation sites is 2. The molecule has 6 heteroatoms. The van der Waals surface area contributed by atoms with Crippen molar-refractivity contribution in [3.63, 3.8) is 0 Å². The molecule has 24 heavy (non-hydrogen) atoms. The van der Waals surface area contributed by atoms with Crippen LogP contribution in [-0.2, 0) is 4.74 Å². The summed E-state index contributed by atoms with van der Waals surface area (Å²) >= 11 is 0. The molecule has 3 aliphatic rings. The zero-order valence-electron chi connectivity index (χ0n) is 14.2. The minimum absolute atomic E-state index is 0. The van der Waals surface area contributed by atoms with E-state index in [0.717, 1.165) is 45.3 Å². The summed E-state index contributed by atoms with van der Waals surface area (Å²) in [7, 11) is 0. The number of nitrogens with zero attached hydrogens (tertiary/aromatic N) is 1. The van der Waals surface area contributed by atoms with Crippen LogP contribution in [0.3, 0.4) is 0 Å². The molecule has 2 bridgehead atoms. The molecule has 0 aliphatic carbocycles. The molecule has 0 saturated carbocycles. The van der Waals surface area contributed by atoms with Gasteiger partial charge in [-0.2, -0.15) is 0 Å². The molecule has 3 heterocycles. The van der Waals surface area contributed by atoms with E-state index in [1.54, 1.807) is 0 Å². The standard InChI is InChI=1S/C18H26N2O3.ClH/c1-2-3-12-22-16-7-5-4-6-15(16)19-18(21)23-17-13-20-10-8-14(17)9-11-20;/h4-7,14,17H,2-3,8-13H2,1H3,(H,19,21);1H. The van der Waals surface area contributed by atoms with Crippen molar-refractivity contribution in [3.8, 4) is 5.75 Å².